The number of hydrogen-bond acceptors (Lipinski definition) is 6. The minimum Gasteiger partial charge on any atom is -0.466 e. The Morgan fingerprint density at radius 2 is 1.85 bits per heavy atom. The first-order chi connectivity index (χ1) is 12.6. The Morgan fingerprint density at radius 1 is 1.12 bits per heavy atom. The zero-order chi connectivity index (χ0) is 18.1. The van der Waals surface area contributed by atoms with E-state index in [0.29, 0.717) is 21.6 Å². The van der Waals surface area contributed by atoms with Crippen molar-refractivity contribution in [3.8, 4) is 16.3 Å². The van der Waals surface area contributed by atoms with E-state index in [9.17, 15) is 9.59 Å². The van der Waals surface area contributed by atoms with Crippen molar-refractivity contribution < 1.29 is 14.3 Å². The first-order valence-electron chi connectivity index (χ1n) is 7.86. The lowest BCUT2D eigenvalue weighted by Gasteiger charge is -2.32. The van der Waals surface area contributed by atoms with Crippen LogP contribution in [0.2, 0.25) is 0 Å². The molecule has 1 aromatic heterocycles. The van der Waals surface area contributed by atoms with Gasteiger partial charge in [-0.15, -0.1) is 10.2 Å². The fourth-order valence-corrected chi connectivity index (χ4v) is 3.25. The summed E-state index contributed by atoms with van der Waals surface area (Å²) >= 11 is 1.22. The number of fused-ring (bicyclic) bond motifs is 1. The molecular weight excluding hydrogens is 352 g/mol. The number of carbonyl (C=O) groups excluding carboxylic acids is 2. The van der Waals surface area contributed by atoms with Crippen LogP contribution in [-0.4, -0.2) is 27.6 Å². The van der Waals surface area contributed by atoms with Gasteiger partial charge in [0.15, 0.2) is 0 Å². The van der Waals surface area contributed by atoms with Crippen LogP contribution < -0.4 is 15.4 Å². The molecule has 8 heteroatoms. The number of para-hydroxylation sites is 2. The van der Waals surface area contributed by atoms with Gasteiger partial charge >= 0.3 is 0 Å². The van der Waals surface area contributed by atoms with Gasteiger partial charge in [-0.3, -0.25) is 14.9 Å². The summed E-state index contributed by atoms with van der Waals surface area (Å²) in [7, 11) is 0. The summed E-state index contributed by atoms with van der Waals surface area (Å²) in [6.07, 6.45) is 0. The predicted octanol–water partition coefficient (Wildman–Crippen LogP) is 2.93. The van der Waals surface area contributed by atoms with Crippen molar-refractivity contribution in [2.24, 2.45) is 0 Å². The Labute approximate surface area is 153 Å². The van der Waals surface area contributed by atoms with Crippen molar-refractivity contribution in [1.82, 2.24) is 10.2 Å². The predicted molar refractivity (Wildman–Crippen MR) is 98.1 cm³/mol. The SMILES string of the molecule is CC1(C(=O)Nc2nnc(-c3ccccc3)s2)Oc2ccccc2NC1=O. The van der Waals surface area contributed by atoms with Gasteiger partial charge in [0.25, 0.3) is 17.4 Å². The smallest absolute Gasteiger partial charge is 0.280 e. The number of ether oxygens (including phenoxy) is 1. The Bertz CT molecular complexity index is 989. The zero-order valence-electron chi connectivity index (χ0n) is 13.7. The molecule has 2 aromatic carbocycles. The van der Waals surface area contributed by atoms with Crippen LogP contribution >= 0.6 is 11.3 Å². The summed E-state index contributed by atoms with van der Waals surface area (Å²) in [4.78, 5) is 25.1. The van der Waals surface area contributed by atoms with Gasteiger partial charge in [-0.05, 0) is 19.1 Å². The summed E-state index contributed by atoms with van der Waals surface area (Å²) in [6.45, 7) is 1.42. The third-order valence-corrected chi connectivity index (χ3v) is 4.87. The van der Waals surface area contributed by atoms with E-state index in [0.717, 1.165) is 5.56 Å². The molecule has 0 saturated heterocycles. The van der Waals surface area contributed by atoms with E-state index >= 15 is 0 Å². The molecule has 7 nitrogen and oxygen atoms in total. The maximum Gasteiger partial charge on any atom is 0.280 e. The van der Waals surface area contributed by atoms with Gasteiger partial charge < -0.3 is 10.1 Å². The van der Waals surface area contributed by atoms with E-state index in [1.807, 2.05) is 30.3 Å². The normalized spacial score (nSPS) is 18.4. The summed E-state index contributed by atoms with van der Waals surface area (Å²) in [5, 5.41) is 14.3. The van der Waals surface area contributed by atoms with Crippen LogP contribution in [0.5, 0.6) is 5.75 Å². The average Bonchev–Trinajstić information content (AvgIpc) is 3.12. The third-order valence-electron chi connectivity index (χ3n) is 3.98. The van der Waals surface area contributed by atoms with Crippen LogP contribution in [0.3, 0.4) is 0 Å². The molecule has 0 saturated carbocycles. The molecule has 4 rings (SSSR count). The van der Waals surface area contributed by atoms with Crippen molar-refractivity contribution in [3.05, 3.63) is 54.6 Å². The molecule has 2 heterocycles. The minimum absolute atomic E-state index is 0.297. The number of nitrogens with one attached hydrogen (secondary N) is 2. The fourth-order valence-electron chi connectivity index (χ4n) is 2.50. The van der Waals surface area contributed by atoms with E-state index in [2.05, 4.69) is 20.8 Å². The van der Waals surface area contributed by atoms with Gasteiger partial charge in [0.1, 0.15) is 10.8 Å². The molecule has 0 bridgehead atoms. The topological polar surface area (TPSA) is 93.2 Å². The molecule has 1 atom stereocenters. The molecule has 1 aliphatic heterocycles. The largest absolute Gasteiger partial charge is 0.466 e. The van der Waals surface area contributed by atoms with E-state index in [4.69, 9.17) is 4.74 Å². The second-order valence-corrected chi connectivity index (χ2v) is 6.80. The first kappa shape index (κ1) is 16.2. The number of hydrogen-bond donors (Lipinski definition) is 2. The van der Waals surface area contributed by atoms with Crippen molar-refractivity contribution in [3.63, 3.8) is 0 Å². The van der Waals surface area contributed by atoms with Crippen LogP contribution in [0.1, 0.15) is 6.92 Å². The lowest BCUT2D eigenvalue weighted by atomic mass is 10.0. The molecule has 2 N–H and O–H groups in total. The average molecular weight is 366 g/mol. The molecule has 1 aliphatic rings. The van der Waals surface area contributed by atoms with Crippen LogP contribution in [0.15, 0.2) is 54.6 Å². The fraction of sp³-hybridized carbons (Fsp3) is 0.111. The van der Waals surface area contributed by atoms with Gasteiger partial charge in [0.2, 0.25) is 5.13 Å². The van der Waals surface area contributed by atoms with Crippen LogP contribution in [-0.2, 0) is 9.59 Å². The maximum atomic E-state index is 12.7. The minimum atomic E-state index is -1.70. The number of anilines is 2. The monoisotopic (exact) mass is 366 g/mol. The molecule has 3 aromatic rings. The van der Waals surface area contributed by atoms with E-state index in [1.165, 1.54) is 18.3 Å². The van der Waals surface area contributed by atoms with Gasteiger partial charge in [0, 0.05) is 5.56 Å². The molecule has 1 unspecified atom stereocenters. The molecular formula is C18H14N4O3S. The lowest BCUT2D eigenvalue weighted by molar-refractivity contribution is -0.143. The number of amides is 2. The number of carbonyl (C=O) groups is 2. The summed E-state index contributed by atoms with van der Waals surface area (Å²) in [5.74, 6) is -0.714. The highest BCUT2D eigenvalue weighted by Crippen LogP contribution is 2.34. The summed E-state index contributed by atoms with van der Waals surface area (Å²) in [5.41, 5.74) is -0.269. The molecule has 0 radical (unpaired) electrons. The Balaban J connectivity index is 1.55. The number of nitrogens with zero attached hydrogens (tertiary/aromatic N) is 2. The second-order valence-electron chi connectivity index (χ2n) is 5.82. The number of benzene rings is 2. The molecule has 0 spiro atoms. The zero-order valence-corrected chi connectivity index (χ0v) is 14.5. The van der Waals surface area contributed by atoms with Crippen molar-refractivity contribution in [2.45, 2.75) is 12.5 Å². The molecule has 0 aliphatic carbocycles. The third kappa shape index (κ3) is 2.80. The van der Waals surface area contributed by atoms with Crippen molar-refractivity contribution >= 4 is 34.0 Å². The van der Waals surface area contributed by atoms with Gasteiger partial charge in [0.05, 0.1) is 5.69 Å². The highest BCUT2D eigenvalue weighted by Gasteiger charge is 2.47. The molecule has 26 heavy (non-hydrogen) atoms. The highest BCUT2D eigenvalue weighted by molar-refractivity contribution is 7.18. The van der Waals surface area contributed by atoms with Crippen LogP contribution in [0.25, 0.3) is 10.6 Å². The maximum absolute atomic E-state index is 12.7. The van der Waals surface area contributed by atoms with E-state index in [-0.39, 0.29) is 0 Å². The van der Waals surface area contributed by atoms with Gasteiger partial charge in [-0.25, -0.2) is 0 Å². The van der Waals surface area contributed by atoms with Crippen molar-refractivity contribution in [2.75, 3.05) is 10.6 Å². The van der Waals surface area contributed by atoms with Gasteiger partial charge in [-0.2, -0.15) is 0 Å². The summed E-state index contributed by atoms with van der Waals surface area (Å²) in [6, 6.07) is 16.5. The molecule has 0 fully saturated rings. The Hall–Kier alpha value is -3.26. The second kappa shape index (κ2) is 6.23. The standard InChI is InChI=1S/C18H14N4O3S/c1-18(15(23)19-12-9-5-6-10-13(12)25-18)16(24)20-17-22-21-14(26-17)11-7-3-2-4-8-11/h2-10H,1H3,(H,19,23)(H,20,22,24). The number of aromatic nitrogens is 2. The molecule has 130 valence electrons. The summed E-state index contributed by atoms with van der Waals surface area (Å²) < 4.78 is 5.69. The Kier molecular flexibility index (Phi) is 3.89. The number of rotatable bonds is 3. The van der Waals surface area contributed by atoms with Gasteiger partial charge in [-0.1, -0.05) is 53.8 Å². The lowest BCUT2D eigenvalue weighted by Crippen LogP contribution is -2.56. The van der Waals surface area contributed by atoms with Crippen LogP contribution in [0.4, 0.5) is 10.8 Å². The Morgan fingerprint density at radius 3 is 2.65 bits per heavy atom. The van der Waals surface area contributed by atoms with Crippen molar-refractivity contribution in [1.29, 1.82) is 0 Å². The molecule has 2 amide bonds. The van der Waals surface area contributed by atoms with E-state index < -0.39 is 17.4 Å². The first-order valence-corrected chi connectivity index (χ1v) is 8.68. The van der Waals surface area contributed by atoms with Crippen LogP contribution in [0, 0.1) is 0 Å². The van der Waals surface area contributed by atoms with E-state index in [1.54, 1.807) is 24.3 Å². The highest BCUT2D eigenvalue weighted by atomic mass is 32.1. The quantitative estimate of drug-likeness (QED) is 0.695.